The molecule has 0 aliphatic rings. The molecule has 4 aromatic rings. The third-order valence-electron chi connectivity index (χ3n) is 6.75. The van der Waals surface area contributed by atoms with Crippen molar-refractivity contribution in [3.63, 3.8) is 0 Å². The first kappa shape index (κ1) is 28.3. The summed E-state index contributed by atoms with van der Waals surface area (Å²) in [6.45, 7) is 4.23. The SMILES string of the molecule is CCCC(C)c1ccc(-c2ccc(-c3cc(F)c(C(F)C(F)c4cc(F)c(F)c(F)c4)c(F)c3)c(F)c2)cc1. The van der Waals surface area contributed by atoms with Crippen molar-refractivity contribution < 1.29 is 35.1 Å². The van der Waals surface area contributed by atoms with Crippen LogP contribution < -0.4 is 0 Å². The van der Waals surface area contributed by atoms with Crippen LogP contribution in [0.5, 0.6) is 0 Å². The summed E-state index contributed by atoms with van der Waals surface area (Å²) in [5.74, 6) is -8.92. The third kappa shape index (κ3) is 5.84. The molecule has 0 aliphatic carbocycles. The van der Waals surface area contributed by atoms with Gasteiger partial charge in [-0.15, -0.1) is 0 Å². The van der Waals surface area contributed by atoms with Crippen LogP contribution in [-0.4, -0.2) is 0 Å². The van der Waals surface area contributed by atoms with Gasteiger partial charge in [0.25, 0.3) is 0 Å². The molecule has 0 heterocycles. The Labute approximate surface area is 220 Å². The van der Waals surface area contributed by atoms with E-state index in [1.165, 1.54) is 12.1 Å². The molecule has 3 unspecified atom stereocenters. The van der Waals surface area contributed by atoms with Crippen molar-refractivity contribution in [3.05, 3.63) is 118 Å². The van der Waals surface area contributed by atoms with E-state index in [9.17, 15) is 30.7 Å². The number of benzene rings is 4. The Balaban J connectivity index is 1.61. The van der Waals surface area contributed by atoms with Crippen LogP contribution in [-0.2, 0) is 0 Å². The summed E-state index contributed by atoms with van der Waals surface area (Å²) in [7, 11) is 0. The van der Waals surface area contributed by atoms with Gasteiger partial charge in [0, 0.05) is 5.56 Å². The van der Waals surface area contributed by atoms with Crippen LogP contribution in [0.25, 0.3) is 22.3 Å². The summed E-state index contributed by atoms with van der Waals surface area (Å²) in [6, 6.07) is 13.4. The van der Waals surface area contributed by atoms with Crippen LogP contribution in [0, 0.1) is 34.9 Å². The maximum Gasteiger partial charge on any atom is 0.194 e. The standard InChI is InChI=1S/C31H24F8/c1-3-4-16(2)17-5-7-18(8-6-17)19-9-10-22(23(32)11-19)20-12-24(33)28(25(34)13-20)31(39)29(37)21-14-26(35)30(38)27(36)15-21/h5-16,29,31H,3-4H2,1-2H3. The third-order valence-corrected chi connectivity index (χ3v) is 6.75. The first-order chi connectivity index (χ1) is 18.5. The molecule has 8 heteroatoms. The van der Waals surface area contributed by atoms with E-state index in [1.54, 1.807) is 6.07 Å². The van der Waals surface area contributed by atoms with Crippen molar-refractivity contribution in [1.82, 2.24) is 0 Å². The van der Waals surface area contributed by atoms with Crippen LogP contribution in [0.15, 0.2) is 66.7 Å². The zero-order chi connectivity index (χ0) is 28.4. The molecule has 0 N–H and O–H groups in total. The highest BCUT2D eigenvalue weighted by Gasteiger charge is 2.32. The van der Waals surface area contributed by atoms with Crippen molar-refractivity contribution in [2.45, 2.75) is 45.0 Å². The molecule has 3 atom stereocenters. The van der Waals surface area contributed by atoms with Crippen molar-refractivity contribution in [2.75, 3.05) is 0 Å². The summed E-state index contributed by atoms with van der Waals surface area (Å²) in [4.78, 5) is 0. The highest BCUT2D eigenvalue weighted by molar-refractivity contribution is 5.71. The Morgan fingerprint density at radius 1 is 0.564 bits per heavy atom. The lowest BCUT2D eigenvalue weighted by molar-refractivity contribution is 0.161. The number of halogens is 8. The average Bonchev–Trinajstić information content (AvgIpc) is 2.90. The van der Waals surface area contributed by atoms with Crippen LogP contribution in [0.4, 0.5) is 35.1 Å². The molecule has 0 fully saturated rings. The molecule has 0 amide bonds. The van der Waals surface area contributed by atoms with E-state index in [0.29, 0.717) is 23.6 Å². The molecule has 0 spiro atoms. The fraction of sp³-hybridized carbons (Fsp3) is 0.226. The van der Waals surface area contributed by atoms with Crippen molar-refractivity contribution in [3.8, 4) is 22.3 Å². The lowest BCUT2D eigenvalue weighted by atomic mass is 9.93. The Morgan fingerprint density at radius 2 is 1.10 bits per heavy atom. The van der Waals surface area contributed by atoms with E-state index in [2.05, 4.69) is 13.8 Å². The van der Waals surface area contributed by atoms with Gasteiger partial charge in [-0.05, 0) is 70.5 Å². The first-order valence-electron chi connectivity index (χ1n) is 12.3. The first-order valence-corrected chi connectivity index (χ1v) is 12.3. The number of hydrogen-bond donors (Lipinski definition) is 0. The fourth-order valence-electron chi connectivity index (χ4n) is 4.59. The number of alkyl halides is 2. The maximum absolute atomic E-state index is 15.0. The van der Waals surface area contributed by atoms with Crippen LogP contribution in [0.2, 0.25) is 0 Å². The molecule has 0 bridgehead atoms. The van der Waals surface area contributed by atoms with Gasteiger partial charge in [-0.1, -0.05) is 56.7 Å². The monoisotopic (exact) mass is 548 g/mol. The molecule has 204 valence electrons. The lowest BCUT2D eigenvalue weighted by Gasteiger charge is -2.17. The highest BCUT2D eigenvalue weighted by Crippen LogP contribution is 2.40. The zero-order valence-electron chi connectivity index (χ0n) is 21.0. The summed E-state index contributed by atoms with van der Waals surface area (Å²) >= 11 is 0. The average molecular weight is 549 g/mol. The van der Waals surface area contributed by atoms with Crippen LogP contribution in [0.3, 0.4) is 0 Å². The van der Waals surface area contributed by atoms with E-state index < -0.39 is 58.4 Å². The normalized spacial score (nSPS) is 13.8. The molecule has 0 aromatic heterocycles. The van der Waals surface area contributed by atoms with Gasteiger partial charge in [-0.2, -0.15) is 0 Å². The molecule has 0 saturated heterocycles. The summed E-state index contributed by atoms with van der Waals surface area (Å²) in [6.07, 6.45) is -3.84. The van der Waals surface area contributed by atoms with Gasteiger partial charge in [0.1, 0.15) is 17.5 Å². The predicted octanol–water partition coefficient (Wildman–Crippen LogP) is 10.5. The minimum absolute atomic E-state index is 0.175. The van der Waals surface area contributed by atoms with Gasteiger partial charge in [0.05, 0.1) is 5.56 Å². The van der Waals surface area contributed by atoms with Gasteiger partial charge in [-0.3, -0.25) is 0 Å². The molecule has 39 heavy (non-hydrogen) atoms. The summed E-state index contributed by atoms with van der Waals surface area (Å²) in [5, 5.41) is 0. The van der Waals surface area contributed by atoms with Gasteiger partial charge in [0.2, 0.25) is 0 Å². The fourth-order valence-corrected chi connectivity index (χ4v) is 4.59. The summed E-state index contributed by atoms with van der Waals surface area (Å²) in [5.41, 5.74) is -0.328. The second kappa shape index (κ2) is 11.6. The largest absolute Gasteiger partial charge is 0.239 e. The second-order valence-electron chi connectivity index (χ2n) is 9.46. The molecule has 0 nitrogen and oxygen atoms in total. The Kier molecular flexibility index (Phi) is 8.42. The smallest absolute Gasteiger partial charge is 0.194 e. The minimum Gasteiger partial charge on any atom is -0.239 e. The van der Waals surface area contributed by atoms with Crippen molar-refractivity contribution in [1.29, 1.82) is 0 Å². The molecule has 0 aliphatic heterocycles. The summed E-state index contributed by atoms with van der Waals surface area (Å²) < 4.78 is 114. The van der Waals surface area contributed by atoms with Crippen LogP contribution in [0.1, 0.15) is 61.6 Å². The maximum atomic E-state index is 15.0. The minimum atomic E-state index is -3.02. The van der Waals surface area contributed by atoms with Gasteiger partial charge in [-0.25, -0.2) is 35.1 Å². The molecule has 4 aromatic carbocycles. The van der Waals surface area contributed by atoms with Crippen molar-refractivity contribution in [2.24, 2.45) is 0 Å². The topological polar surface area (TPSA) is 0 Å². The van der Waals surface area contributed by atoms with E-state index in [4.69, 9.17) is 0 Å². The molecule has 0 radical (unpaired) electrons. The molecule has 0 saturated carbocycles. The predicted molar refractivity (Wildman–Crippen MR) is 135 cm³/mol. The van der Waals surface area contributed by atoms with E-state index in [0.717, 1.165) is 24.0 Å². The van der Waals surface area contributed by atoms with Gasteiger partial charge < -0.3 is 0 Å². The lowest BCUT2D eigenvalue weighted by Crippen LogP contribution is -2.09. The van der Waals surface area contributed by atoms with E-state index in [1.807, 2.05) is 24.3 Å². The highest BCUT2D eigenvalue weighted by atomic mass is 19.2. The molecular weight excluding hydrogens is 524 g/mol. The van der Waals surface area contributed by atoms with Crippen LogP contribution >= 0.6 is 0 Å². The Morgan fingerprint density at radius 3 is 1.64 bits per heavy atom. The molecule has 4 rings (SSSR count). The quantitative estimate of drug-likeness (QED) is 0.152. The number of hydrogen-bond acceptors (Lipinski definition) is 0. The van der Waals surface area contributed by atoms with Crippen molar-refractivity contribution >= 4 is 0 Å². The molecular formula is C31H24F8. The Hall–Kier alpha value is -3.68. The number of rotatable bonds is 8. The van der Waals surface area contributed by atoms with E-state index in [-0.39, 0.29) is 23.3 Å². The Bertz CT molecular complexity index is 1430. The van der Waals surface area contributed by atoms with E-state index >= 15 is 4.39 Å². The second-order valence-corrected chi connectivity index (χ2v) is 9.46. The van der Waals surface area contributed by atoms with Gasteiger partial charge >= 0.3 is 0 Å². The van der Waals surface area contributed by atoms with Gasteiger partial charge in [0.15, 0.2) is 29.8 Å². The zero-order valence-corrected chi connectivity index (χ0v) is 21.0.